The fraction of sp³-hybridized carbons (Fsp3) is 0.526. The molecule has 1 aliphatic rings. The molecule has 1 fully saturated rings. The monoisotopic (exact) mass is 478 g/mol. The Hall–Kier alpha value is -3.10. The lowest BCUT2D eigenvalue weighted by Gasteiger charge is -2.41. The summed E-state index contributed by atoms with van der Waals surface area (Å²) in [4.78, 5) is 35.4. The van der Waals surface area contributed by atoms with Crippen LogP contribution < -0.4 is 26.4 Å². The Morgan fingerprint density at radius 3 is 2.36 bits per heavy atom. The van der Waals surface area contributed by atoms with Gasteiger partial charge in [-0.2, -0.15) is 0 Å². The minimum atomic E-state index is -4.87. The number of nitrogens with one attached hydrogen (secondary N) is 3. The Morgan fingerprint density at radius 2 is 1.79 bits per heavy atom. The van der Waals surface area contributed by atoms with Gasteiger partial charge in [-0.3, -0.25) is 9.59 Å². The number of halogens is 3. The maximum atomic E-state index is 12.4. The normalized spacial score (nSPS) is 25.1. The molecule has 11 nitrogen and oxygen atoms in total. The number of hydrogen-bond acceptors (Lipinski definition) is 7. The highest BCUT2D eigenvalue weighted by Crippen LogP contribution is 2.30. The highest BCUT2D eigenvalue weighted by atomic mass is 19.4. The third kappa shape index (κ3) is 8.07. The lowest BCUT2D eigenvalue weighted by molar-refractivity contribution is -0.274. The van der Waals surface area contributed by atoms with E-state index in [4.69, 9.17) is 5.73 Å². The number of nitrogens with two attached hydrogens (primary N) is 1. The zero-order valence-corrected chi connectivity index (χ0v) is 17.3. The molecule has 4 amide bonds. The van der Waals surface area contributed by atoms with Gasteiger partial charge in [-0.25, -0.2) is 4.79 Å². The summed E-state index contributed by atoms with van der Waals surface area (Å²) in [5.41, 5.74) is 2.99. The van der Waals surface area contributed by atoms with Gasteiger partial charge >= 0.3 is 12.4 Å². The van der Waals surface area contributed by atoms with E-state index < -0.39 is 66.6 Å². The Labute approximate surface area is 186 Å². The van der Waals surface area contributed by atoms with Crippen molar-refractivity contribution in [3.63, 3.8) is 0 Å². The fourth-order valence-corrected chi connectivity index (χ4v) is 3.33. The molecule has 0 aliphatic heterocycles. The predicted octanol–water partition coefficient (Wildman–Crippen LogP) is -0.296. The molecule has 0 heterocycles. The van der Waals surface area contributed by atoms with Crippen LogP contribution in [-0.2, 0) is 9.59 Å². The van der Waals surface area contributed by atoms with Crippen molar-refractivity contribution in [1.82, 2.24) is 10.6 Å². The van der Waals surface area contributed by atoms with E-state index in [1.165, 1.54) is 0 Å². The molecule has 0 saturated heterocycles. The van der Waals surface area contributed by atoms with Gasteiger partial charge in [0, 0.05) is 31.5 Å². The molecule has 2 rings (SSSR count). The first-order chi connectivity index (χ1) is 15.3. The van der Waals surface area contributed by atoms with Gasteiger partial charge in [0.2, 0.25) is 5.91 Å². The number of amides is 4. The van der Waals surface area contributed by atoms with E-state index in [1.807, 2.05) is 0 Å². The second-order valence-electron chi connectivity index (χ2n) is 7.60. The van der Waals surface area contributed by atoms with Gasteiger partial charge < -0.3 is 41.7 Å². The van der Waals surface area contributed by atoms with E-state index in [-0.39, 0.29) is 25.1 Å². The summed E-state index contributed by atoms with van der Waals surface area (Å²) in [7, 11) is 0. The number of primary amides is 1. The Kier molecular flexibility index (Phi) is 8.46. The fourth-order valence-electron chi connectivity index (χ4n) is 3.33. The SMILES string of the molecule is NC(=O)CCCNC(=O)C1(O)CC(O)C(O)C(NC(=O)Nc2ccc(OC(F)(F)F)cc2)C1. The standard InChI is InChI=1S/C19H25F3N4O7/c20-19(21,22)33-11-5-3-10(4-6-11)25-17(31)26-12-8-18(32,9-13(27)15(12)29)16(30)24-7-1-2-14(23)28/h3-6,12-13,15,27,29,32H,1-2,7-9H2,(H2,23,28)(H,24,30)(H2,25,26,31). The van der Waals surface area contributed by atoms with E-state index in [1.54, 1.807) is 0 Å². The zero-order valence-electron chi connectivity index (χ0n) is 17.3. The summed E-state index contributed by atoms with van der Waals surface area (Å²) < 4.78 is 40.3. The molecule has 4 atom stereocenters. The van der Waals surface area contributed by atoms with Gasteiger partial charge in [0.05, 0.1) is 12.1 Å². The molecule has 0 aromatic heterocycles. The first-order valence-corrected chi connectivity index (χ1v) is 9.87. The van der Waals surface area contributed by atoms with Gasteiger partial charge in [-0.1, -0.05) is 0 Å². The van der Waals surface area contributed by atoms with Crippen molar-refractivity contribution in [2.75, 3.05) is 11.9 Å². The van der Waals surface area contributed by atoms with Crippen LogP contribution in [0.25, 0.3) is 0 Å². The highest BCUT2D eigenvalue weighted by Gasteiger charge is 2.49. The van der Waals surface area contributed by atoms with Gasteiger partial charge in [0.1, 0.15) is 17.5 Å². The smallest absolute Gasteiger partial charge is 0.406 e. The topological polar surface area (TPSA) is 183 Å². The molecular weight excluding hydrogens is 453 g/mol. The van der Waals surface area contributed by atoms with Crippen LogP contribution in [0.5, 0.6) is 5.75 Å². The summed E-state index contributed by atoms with van der Waals surface area (Å²) in [6.07, 6.45) is -8.57. The molecule has 33 heavy (non-hydrogen) atoms. The highest BCUT2D eigenvalue weighted by molar-refractivity contribution is 5.90. The molecule has 0 bridgehead atoms. The molecule has 4 unspecified atom stereocenters. The summed E-state index contributed by atoms with van der Waals surface area (Å²) in [5.74, 6) is -1.91. The Morgan fingerprint density at radius 1 is 1.15 bits per heavy atom. The van der Waals surface area contributed by atoms with Gasteiger partial charge in [-0.15, -0.1) is 13.2 Å². The quantitative estimate of drug-likeness (QED) is 0.250. The van der Waals surface area contributed by atoms with Gasteiger partial charge in [0.25, 0.3) is 5.91 Å². The largest absolute Gasteiger partial charge is 0.573 e. The Bertz CT molecular complexity index is 853. The molecule has 8 N–H and O–H groups in total. The van der Waals surface area contributed by atoms with Crippen molar-refractivity contribution in [3.8, 4) is 5.75 Å². The summed E-state index contributed by atoms with van der Waals surface area (Å²) in [6, 6.07) is 2.10. The maximum absolute atomic E-state index is 12.4. The number of aliphatic hydroxyl groups is 3. The van der Waals surface area contributed by atoms with Crippen molar-refractivity contribution in [2.45, 2.75) is 55.9 Å². The van der Waals surface area contributed by atoms with Crippen LogP contribution in [0.15, 0.2) is 24.3 Å². The third-order valence-electron chi connectivity index (χ3n) is 4.88. The average Bonchev–Trinajstić information content (AvgIpc) is 2.69. The first-order valence-electron chi connectivity index (χ1n) is 9.87. The summed E-state index contributed by atoms with van der Waals surface area (Å²) in [5, 5.41) is 38.0. The summed E-state index contributed by atoms with van der Waals surface area (Å²) >= 11 is 0. The van der Waals surface area contributed by atoms with Crippen molar-refractivity contribution in [3.05, 3.63) is 24.3 Å². The van der Waals surface area contributed by atoms with Crippen LogP contribution >= 0.6 is 0 Å². The summed E-state index contributed by atoms with van der Waals surface area (Å²) in [6.45, 7) is 0.0371. The van der Waals surface area contributed by atoms with E-state index in [0.717, 1.165) is 24.3 Å². The van der Waals surface area contributed by atoms with Crippen LogP contribution in [0.3, 0.4) is 0 Å². The average molecular weight is 478 g/mol. The second kappa shape index (κ2) is 10.7. The number of urea groups is 1. The molecule has 1 saturated carbocycles. The number of carbonyl (C=O) groups is 3. The Balaban J connectivity index is 1.95. The number of aliphatic hydroxyl groups excluding tert-OH is 2. The van der Waals surface area contributed by atoms with Crippen molar-refractivity contribution >= 4 is 23.5 Å². The maximum Gasteiger partial charge on any atom is 0.573 e. The number of hydrogen-bond donors (Lipinski definition) is 7. The molecule has 184 valence electrons. The molecule has 0 radical (unpaired) electrons. The van der Waals surface area contributed by atoms with Crippen molar-refractivity contribution in [2.24, 2.45) is 5.73 Å². The molecular formula is C19H25F3N4O7. The van der Waals surface area contributed by atoms with Crippen LogP contribution in [0.1, 0.15) is 25.7 Å². The number of carbonyl (C=O) groups excluding carboxylic acids is 3. The molecule has 1 aromatic carbocycles. The van der Waals surface area contributed by atoms with Crippen LogP contribution in [-0.4, -0.2) is 69.9 Å². The number of ether oxygens (including phenoxy) is 1. The number of alkyl halides is 3. The number of rotatable bonds is 8. The molecule has 0 spiro atoms. The van der Waals surface area contributed by atoms with E-state index in [9.17, 15) is 42.9 Å². The van der Waals surface area contributed by atoms with E-state index >= 15 is 0 Å². The molecule has 14 heteroatoms. The minimum absolute atomic E-state index is 0.0215. The van der Waals surface area contributed by atoms with Gasteiger partial charge in [0.15, 0.2) is 0 Å². The van der Waals surface area contributed by atoms with Crippen molar-refractivity contribution < 1.29 is 47.6 Å². The predicted molar refractivity (Wildman–Crippen MR) is 107 cm³/mol. The van der Waals surface area contributed by atoms with Gasteiger partial charge in [-0.05, 0) is 30.7 Å². The molecule has 1 aromatic rings. The third-order valence-corrected chi connectivity index (χ3v) is 4.88. The molecule has 1 aliphatic carbocycles. The number of benzene rings is 1. The van der Waals surface area contributed by atoms with E-state index in [0.29, 0.717) is 0 Å². The number of anilines is 1. The van der Waals surface area contributed by atoms with Crippen LogP contribution in [0, 0.1) is 0 Å². The second-order valence-corrected chi connectivity index (χ2v) is 7.60. The lowest BCUT2D eigenvalue weighted by atomic mass is 9.77. The van der Waals surface area contributed by atoms with E-state index in [2.05, 4.69) is 20.7 Å². The van der Waals surface area contributed by atoms with Crippen molar-refractivity contribution in [1.29, 1.82) is 0 Å². The zero-order chi connectivity index (χ0) is 24.8. The first kappa shape index (κ1) is 26.2. The minimum Gasteiger partial charge on any atom is -0.406 e. The lowest BCUT2D eigenvalue weighted by Crippen LogP contribution is -2.63. The van der Waals surface area contributed by atoms with Crippen LogP contribution in [0.4, 0.5) is 23.7 Å². The van der Waals surface area contributed by atoms with Crippen LogP contribution in [0.2, 0.25) is 0 Å².